The van der Waals surface area contributed by atoms with Gasteiger partial charge in [-0.05, 0) is 25.2 Å². The van der Waals surface area contributed by atoms with Crippen LogP contribution in [-0.4, -0.2) is 9.97 Å². The predicted molar refractivity (Wildman–Crippen MR) is 71.8 cm³/mol. The van der Waals surface area contributed by atoms with E-state index in [1.807, 2.05) is 11.8 Å². The highest BCUT2D eigenvalue weighted by Gasteiger charge is 2.28. The highest BCUT2D eigenvalue weighted by Crippen LogP contribution is 2.40. The van der Waals surface area contributed by atoms with Crippen molar-refractivity contribution in [1.82, 2.24) is 9.97 Å². The molecule has 0 saturated heterocycles. The van der Waals surface area contributed by atoms with Gasteiger partial charge in [-0.2, -0.15) is 11.8 Å². The maximum Gasteiger partial charge on any atom is 0.134 e. The number of rotatable bonds is 2. The number of nitrogen functional groups attached to an aromatic ring is 1. The van der Waals surface area contributed by atoms with E-state index in [0.29, 0.717) is 5.92 Å². The van der Waals surface area contributed by atoms with Crippen LogP contribution in [0.25, 0.3) is 0 Å². The zero-order valence-electron chi connectivity index (χ0n) is 10.3. The van der Waals surface area contributed by atoms with Gasteiger partial charge < -0.3 is 5.73 Å². The third-order valence-electron chi connectivity index (χ3n) is 4.11. The molecule has 1 aromatic heterocycles. The lowest BCUT2D eigenvalue weighted by Gasteiger charge is -2.11. The number of nitrogens with two attached hydrogens (primary N) is 1. The van der Waals surface area contributed by atoms with Gasteiger partial charge in [0.15, 0.2) is 0 Å². The first kappa shape index (κ1) is 11.3. The van der Waals surface area contributed by atoms with Gasteiger partial charge in [0.2, 0.25) is 0 Å². The second-order valence-corrected chi connectivity index (χ2v) is 6.15. The number of anilines is 1. The standard InChI is InChI=1S/C13H19N3S/c1-2-8-3-4-9(5-8)13-15-11-7-17-6-10(11)12(14)16-13/h8-9H,2-7H2,1H3,(H2,14,15,16). The molecule has 0 spiro atoms. The molecule has 0 amide bonds. The topological polar surface area (TPSA) is 51.8 Å². The number of thioether (sulfide) groups is 1. The molecule has 0 aromatic carbocycles. The highest BCUT2D eigenvalue weighted by molar-refractivity contribution is 7.98. The Balaban J connectivity index is 1.87. The first-order valence-corrected chi connectivity index (χ1v) is 7.66. The summed E-state index contributed by atoms with van der Waals surface area (Å²) in [4.78, 5) is 9.30. The van der Waals surface area contributed by atoms with E-state index in [9.17, 15) is 0 Å². The van der Waals surface area contributed by atoms with Gasteiger partial charge in [-0.15, -0.1) is 0 Å². The average Bonchev–Trinajstić information content (AvgIpc) is 2.97. The molecule has 4 heteroatoms. The Morgan fingerprint density at radius 2 is 2.18 bits per heavy atom. The maximum absolute atomic E-state index is 6.04. The summed E-state index contributed by atoms with van der Waals surface area (Å²) in [6.45, 7) is 2.28. The van der Waals surface area contributed by atoms with Crippen molar-refractivity contribution in [3.63, 3.8) is 0 Å². The molecule has 3 rings (SSSR count). The number of fused-ring (bicyclic) bond motifs is 1. The van der Waals surface area contributed by atoms with E-state index in [4.69, 9.17) is 10.7 Å². The van der Waals surface area contributed by atoms with Crippen LogP contribution in [0.4, 0.5) is 5.82 Å². The van der Waals surface area contributed by atoms with Crippen LogP contribution in [0.3, 0.4) is 0 Å². The highest BCUT2D eigenvalue weighted by atomic mass is 32.2. The molecule has 1 aliphatic heterocycles. The normalized spacial score (nSPS) is 27.4. The number of aromatic nitrogens is 2. The van der Waals surface area contributed by atoms with Crippen molar-refractivity contribution in [3.8, 4) is 0 Å². The van der Waals surface area contributed by atoms with Crippen molar-refractivity contribution in [1.29, 1.82) is 0 Å². The molecule has 2 N–H and O–H groups in total. The number of nitrogens with zero attached hydrogens (tertiary/aromatic N) is 2. The number of hydrogen-bond donors (Lipinski definition) is 1. The molecule has 3 nitrogen and oxygen atoms in total. The molecule has 92 valence electrons. The van der Waals surface area contributed by atoms with Gasteiger partial charge in [0.1, 0.15) is 11.6 Å². The zero-order valence-corrected chi connectivity index (χ0v) is 11.1. The Labute approximate surface area is 107 Å². The maximum atomic E-state index is 6.04. The summed E-state index contributed by atoms with van der Waals surface area (Å²) >= 11 is 1.89. The molecule has 0 radical (unpaired) electrons. The van der Waals surface area contributed by atoms with Crippen LogP contribution in [0.15, 0.2) is 0 Å². The van der Waals surface area contributed by atoms with Crippen LogP contribution in [0.1, 0.15) is 55.6 Å². The monoisotopic (exact) mass is 249 g/mol. The first-order valence-electron chi connectivity index (χ1n) is 6.50. The Kier molecular flexibility index (Phi) is 2.99. The molecule has 1 aliphatic carbocycles. The smallest absolute Gasteiger partial charge is 0.134 e. The fourth-order valence-corrected chi connectivity index (χ4v) is 4.01. The Bertz CT molecular complexity index is 433. The molecular weight excluding hydrogens is 230 g/mol. The van der Waals surface area contributed by atoms with Crippen LogP contribution in [0, 0.1) is 5.92 Å². The van der Waals surface area contributed by atoms with Gasteiger partial charge in [-0.1, -0.05) is 13.3 Å². The lowest BCUT2D eigenvalue weighted by atomic mass is 10.0. The van der Waals surface area contributed by atoms with Crippen molar-refractivity contribution in [2.45, 2.75) is 50.0 Å². The minimum atomic E-state index is 0.554. The van der Waals surface area contributed by atoms with Gasteiger partial charge in [0.25, 0.3) is 0 Å². The van der Waals surface area contributed by atoms with Crippen molar-refractivity contribution >= 4 is 17.6 Å². The Morgan fingerprint density at radius 3 is 2.94 bits per heavy atom. The molecular formula is C13H19N3S. The average molecular weight is 249 g/mol. The Morgan fingerprint density at radius 1 is 1.29 bits per heavy atom. The van der Waals surface area contributed by atoms with Gasteiger partial charge in [-0.3, -0.25) is 0 Å². The fraction of sp³-hybridized carbons (Fsp3) is 0.692. The van der Waals surface area contributed by atoms with E-state index in [1.165, 1.54) is 36.9 Å². The summed E-state index contributed by atoms with van der Waals surface area (Å²) in [6, 6.07) is 0. The van der Waals surface area contributed by atoms with E-state index >= 15 is 0 Å². The van der Waals surface area contributed by atoms with Crippen molar-refractivity contribution in [2.24, 2.45) is 5.92 Å². The Hall–Kier alpha value is -0.770. The van der Waals surface area contributed by atoms with Gasteiger partial charge in [-0.25, -0.2) is 9.97 Å². The van der Waals surface area contributed by atoms with E-state index < -0.39 is 0 Å². The molecule has 2 aliphatic rings. The van der Waals surface area contributed by atoms with E-state index in [-0.39, 0.29) is 0 Å². The molecule has 1 aromatic rings. The third kappa shape index (κ3) is 2.03. The predicted octanol–water partition coefficient (Wildman–Crippen LogP) is 3.10. The number of hydrogen-bond acceptors (Lipinski definition) is 4. The van der Waals surface area contributed by atoms with Crippen LogP contribution in [0.2, 0.25) is 0 Å². The zero-order chi connectivity index (χ0) is 11.8. The van der Waals surface area contributed by atoms with Gasteiger partial charge in [0, 0.05) is 23.0 Å². The summed E-state index contributed by atoms with van der Waals surface area (Å²) in [7, 11) is 0. The lowest BCUT2D eigenvalue weighted by molar-refractivity contribution is 0.516. The largest absolute Gasteiger partial charge is 0.383 e. The van der Waals surface area contributed by atoms with E-state index in [2.05, 4.69) is 11.9 Å². The third-order valence-corrected chi connectivity index (χ3v) is 5.08. The summed E-state index contributed by atoms with van der Waals surface area (Å²) in [5.74, 6) is 5.17. The van der Waals surface area contributed by atoms with Crippen LogP contribution >= 0.6 is 11.8 Å². The summed E-state index contributed by atoms with van der Waals surface area (Å²) in [6.07, 6.45) is 5.11. The fourth-order valence-electron chi connectivity index (χ4n) is 2.96. The van der Waals surface area contributed by atoms with Crippen LogP contribution < -0.4 is 5.73 Å². The molecule has 2 unspecified atom stereocenters. The first-order chi connectivity index (χ1) is 8.28. The van der Waals surface area contributed by atoms with E-state index in [0.717, 1.165) is 29.1 Å². The minimum absolute atomic E-state index is 0.554. The second-order valence-electron chi connectivity index (χ2n) is 5.17. The molecule has 1 saturated carbocycles. The molecule has 2 atom stereocenters. The van der Waals surface area contributed by atoms with Crippen LogP contribution in [0.5, 0.6) is 0 Å². The van der Waals surface area contributed by atoms with Crippen molar-refractivity contribution < 1.29 is 0 Å². The van der Waals surface area contributed by atoms with Gasteiger partial charge >= 0.3 is 0 Å². The van der Waals surface area contributed by atoms with Crippen molar-refractivity contribution in [2.75, 3.05) is 5.73 Å². The van der Waals surface area contributed by atoms with Crippen molar-refractivity contribution in [3.05, 3.63) is 17.1 Å². The lowest BCUT2D eigenvalue weighted by Crippen LogP contribution is -2.08. The second kappa shape index (κ2) is 4.48. The van der Waals surface area contributed by atoms with Crippen LogP contribution in [-0.2, 0) is 11.5 Å². The summed E-state index contributed by atoms with van der Waals surface area (Å²) in [5.41, 5.74) is 8.42. The molecule has 2 heterocycles. The minimum Gasteiger partial charge on any atom is -0.383 e. The molecule has 17 heavy (non-hydrogen) atoms. The summed E-state index contributed by atoms with van der Waals surface area (Å²) < 4.78 is 0. The van der Waals surface area contributed by atoms with E-state index in [1.54, 1.807) is 0 Å². The molecule has 1 fully saturated rings. The van der Waals surface area contributed by atoms with Gasteiger partial charge in [0.05, 0.1) is 5.69 Å². The summed E-state index contributed by atoms with van der Waals surface area (Å²) in [5, 5.41) is 0. The molecule has 0 bridgehead atoms. The quantitative estimate of drug-likeness (QED) is 0.875. The SMILES string of the molecule is CCC1CCC(c2nc(N)c3c(n2)CSC3)C1.